The van der Waals surface area contributed by atoms with Gasteiger partial charge in [-0.3, -0.25) is 19.4 Å². The zero-order valence-corrected chi connectivity index (χ0v) is 18.9. The van der Waals surface area contributed by atoms with Gasteiger partial charge >= 0.3 is 5.97 Å². The van der Waals surface area contributed by atoms with Gasteiger partial charge in [-0.15, -0.1) is 0 Å². The van der Waals surface area contributed by atoms with Crippen LogP contribution in [-0.2, 0) is 22.6 Å². The van der Waals surface area contributed by atoms with E-state index in [2.05, 4.69) is 21.3 Å². The molecule has 0 aliphatic carbocycles. The maximum atomic E-state index is 12.9. The third kappa shape index (κ3) is 7.42. The van der Waals surface area contributed by atoms with E-state index in [0.29, 0.717) is 12.2 Å². The van der Waals surface area contributed by atoms with E-state index in [9.17, 15) is 14.4 Å². The Morgan fingerprint density at radius 2 is 2.00 bits per heavy atom. The highest BCUT2D eigenvalue weighted by molar-refractivity contribution is 5.93. The Balaban J connectivity index is 1.59. The molecule has 1 saturated heterocycles. The van der Waals surface area contributed by atoms with Crippen molar-refractivity contribution < 1.29 is 14.7 Å². The first-order chi connectivity index (χ1) is 16.0. The van der Waals surface area contributed by atoms with Crippen molar-refractivity contribution in [3.63, 3.8) is 0 Å². The number of hydrogen-bond acceptors (Lipinski definition) is 6. The standard InChI is InChI=1S/C24H33N5O4/c25-10-4-2-1-3-6-18-12-21(14-26-13-18)28-11-5-7-19(15-28)24(33)27-20-8-9-22(30)29(16-20)17-23(31)32/h8-9,12-14,16,19H,1-7,10-11,15,17,25H2,(H,27,33)(H,31,32)/t19-/m0/s1. The second-order valence-electron chi connectivity index (χ2n) is 8.56. The predicted molar refractivity (Wildman–Crippen MR) is 127 cm³/mol. The summed E-state index contributed by atoms with van der Waals surface area (Å²) in [5.41, 5.74) is 7.77. The number of carboxylic acid groups (broad SMARTS) is 1. The molecule has 3 heterocycles. The summed E-state index contributed by atoms with van der Waals surface area (Å²) in [6.07, 6.45) is 12.3. The maximum Gasteiger partial charge on any atom is 0.323 e. The number of carboxylic acids is 1. The molecular formula is C24H33N5O4. The van der Waals surface area contributed by atoms with Crippen LogP contribution in [0.1, 0.15) is 44.1 Å². The summed E-state index contributed by atoms with van der Waals surface area (Å²) in [6.45, 7) is 1.75. The van der Waals surface area contributed by atoms with Gasteiger partial charge < -0.3 is 25.6 Å². The average molecular weight is 456 g/mol. The van der Waals surface area contributed by atoms with Crippen molar-refractivity contribution in [1.82, 2.24) is 9.55 Å². The van der Waals surface area contributed by atoms with E-state index in [0.717, 1.165) is 68.3 Å². The van der Waals surface area contributed by atoms with Gasteiger partial charge in [0.2, 0.25) is 5.91 Å². The summed E-state index contributed by atoms with van der Waals surface area (Å²) in [6, 6.07) is 4.93. The number of anilines is 2. The van der Waals surface area contributed by atoms with E-state index in [1.807, 2.05) is 12.4 Å². The van der Waals surface area contributed by atoms with E-state index >= 15 is 0 Å². The summed E-state index contributed by atoms with van der Waals surface area (Å²) < 4.78 is 1.07. The van der Waals surface area contributed by atoms with Crippen LogP contribution in [-0.4, -0.2) is 46.2 Å². The van der Waals surface area contributed by atoms with Crippen molar-refractivity contribution in [3.8, 4) is 0 Å². The van der Waals surface area contributed by atoms with Gasteiger partial charge in [0.05, 0.1) is 23.5 Å². The van der Waals surface area contributed by atoms with Crippen LogP contribution in [0.2, 0.25) is 0 Å². The van der Waals surface area contributed by atoms with Crippen molar-refractivity contribution >= 4 is 23.3 Å². The minimum atomic E-state index is -1.12. The van der Waals surface area contributed by atoms with Crippen molar-refractivity contribution in [2.75, 3.05) is 29.9 Å². The molecule has 0 spiro atoms. The monoisotopic (exact) mass is 455 g/mol. The van der Waals surface area contributed by atoms with Crippen molar-refractivity contribution in [3.05, 3.63) is 52.7 Å². The van der Waals surface area contributed by atoms with Crippen LogP contribution in [0.4, 0.5) is 11.4 Å². The number of carbonyl (C=O) groups excluding carboxylic acids is 1. The molecule has 1 aliphatic rings. The molecule has 1 aliphatic heterocycles. The van der Waals surface area contributed by atoms with Crippen molar-refractivity contribution in [2.24, 2.45) is 11.7 Å². The van der Waals surface area contributed by atoms with Crippen LogP contribution in [0.25, 0.3) is 0 Å². The largest absolute Gasteiger partial charge is 0.480 e. The van der Waals surface area contributed by atoms with Gasteiger partial charge in [-0.05, 0) is 56.3 Å². The number of aryl methyl sites for hydroxylation is 1. The van der Waals surface area contributed by atoms with E-state index in [-0.39, 0.29) is 11.8 Å². The molecule has 3 rings (SSSR count). The van der Waals surface area contributed by atoms with Crippen molar-refractivity contribution in [1.29, 1.82) is 0 Å². The molecule has 9 heteroatoms. The predicted octanol–water partition coefficient (Wildman–Crippen LogP) is 2.24. The average Bonchev–Trinajstić information content (AvgIpc) is 2.81. The second-order valence-corrected chi connectivity index (χ2v) is 8.56. The molecule has 4 N–H and O–H groups in total. The van der Waals surface area contributed by atoms with Gasteiger partial charge in [0.25, 0.3) is 5.56 Å². The van der Waals surface area contributed by atoms with Gasteiger partial charge in [-0.25, -0.2) is 0 Å². The highest BCUT2D eigenvalue weighted by Gasteiger charge is 2.26. The van der Waals surface area contributed by atoms with Crippen LogP contribution in [0, 0.1) is 5.92 Å². The quantitative estimate of drug-likeness (QED) is 0.443. The summed E-state index contributed by atoms with van der Waals surface area (Å²) in [7, 11) is 0. The number of nitrogens with one attached hydrogen (secondary N) is 1. The van der Waals surface area contributed by atoms with Crippen LogP contribution in [0.5, 0.6) is 0 Å². The number of hydrogen-bond donors (Lipinski definition) is 3. The molecular weight excluding hydrogens is 422 g/mol. The molecule has 2 aromatic rings. The van der Waals surface area contributed by atoms with Crippen molar-refractivity contribution in [2.45, 2.75) is 51.5 Å². The first-order valence-electron chi connectivity index (χ1n) is 11.6. The highest BCUT2D eigenvalue weighted by atomic mass is 16.4. The smallest absolute Gasteiger partial charge is 0.323 e. The number of nitrogens with zero attached hydrogens (tertiary/aromatic N) is 3. The molecule has 0 bridgehead atoms. The second kappa shape index (κ2) is 12.2. The Hall–Kier alpha value is -3.20. The molecule has 0 radical (unpaired) electrons. The third-order valence-corrected chi connectivity index (χ3v) is 5.91. The molecule has 1 atom stereocenters. The Morgan fingerprint density at radius 1 is 1.18 bits per heavy atom. The third-order valence-electron chi connectivity index (χ3n) is 5.91. The molecule has 0 aromatic carbocycles. The highest BCUT2D eigenvalue weighted by Crippen LogP contribution is 2.25. The molecule has 1 amide bonds. The lowest BCUT2D eigenvalue weighted by atomic mass is 9.96. The van der Waals surface area contributed by atoms with E-state index in [1.54, 1.807) is 0 Å². The fourth-order valence-corrected chi connectivity index (χ4v) is 4.16. The molecule has 33 heavy (non-hydrogen) atoms. The topological polar surface area (TPSA) is 131 Å². The van der Waals surface area contributed by atoms with Gasteiger partial charge in [-0.1, -0.05) is 12.8 Å². The Morgan fingerprint density at radius 3 is 2.79 bits per heavy atom. The molecule has 1 fully saturated rings. The lowest BCUT2D eigenvalue weighted by Crippen LogP contribution is -2.41. The molecule has 9 nitrogen and oxygen atoms in total. The Kier molecular flexibility index (Phi) is 9.00. The minimum absolute atomic E-state index is 0.135. The van der Waals surface area contributed by atoms with Crippen LogP contribution in [0.3, 0.4) is 0 Å². The molecule has 0 unspecified atom stereocenters. The maximum absolute atomic E-state index is 12.9. The number of nitrogens with two attached hydrogens (primary N) is 1. The zero-order chi connectivity index (χ0) is 23.6. The Labute approximate surface area is 193 Å². The van der Waals surface area contributed by atoms with Crippen LogP contribution >= 0.6 is 0 Å². The minimum Gasteiger partial charge on any atom is -0.480 e. The lowest BCUT2D eigenvalue weighted by Gasteiger charge is -2.33. The normalized spacial score (nSPS) is 15.9. The number of aliphatic carboxylic acids is 1. The first-order valence-corrected chi connectivity index (χ1v) is 11.6. The summed E-state index contributed by atoms with van der Waals surface area (Å²) in [4.78, 5) is 42.2. The molecule has 178 valence electrons. The Bertz CT molecular complexity index is 1010. The first kappa shape index (κ1) is 24.4. The van der Waals surface area contributed by atoms with Gasteiger partial charge in [0, 0.05) is 31.5 Å². The lowest BCUT2D eigenvalue weighted by molar-refractivity contribution is -0.137. The summed E-state index contributed by atoms with van der Waals surface area (Å²) in [5, 5.41) is 11.8. The SMILES string of the molecule is NCCCCCCc1cncc(N2CCC[C@H](C(=O)Nc3ccc(=O)n(CC(=O)O)c3)C2)c1. The number of amides is 1. The zero-order valence-electron chi connectivity index (χ0n) is 18.9. The van der Waals surface area contributed by atoms with Gasteiger partial charge in [0.15, 0.2) is 0 Å². The van der Waals surface area contributed by atoms with E-state index < -0.39 is 18.1 Å². The fraction of sp³-hybridized carbons (Fsp3) is 0.500. The van der Waals surface area contributed by atoms with E-state index in [1.165, 1.54) is 23.9 Å². The van der Waals surface area contributed by atoms with Gasteiger partial charge in [0.1, 0.15) is 6.54 Å². The number of carbonyl (C=O) groups is 2. The molecule has 0 saturated carbocycles. The number of piperidine rings is 1. The number of aromatic nitrogens is 2. The van der Waals surface area contributed by atoms with E-state index in [4.69, 9.17) is 10.8 Å². The summed E-state index contributed by atoms with van der Waals surface area (Å²) >= 11 is 0. The van der Waals surface area contributed by atoms with Gasteiger partial charge in [-0.2, -0.15) is 0 Å². The number of unbranched alkanes of at least 4 members (excludes halogenated alkanes) is 3. The van der Waals surface area contributed by atoms with Crippen LogP contribution < -0.4 is 21.5 Å². The number of rotatable bonds is 11. The fourth-order valence-electron chi connectivity index (χ4n) is 4.16. The molecule has 2 aromatic heterocycles. The number of pyridine rings is 2. The summed E-state index contributed by atoms with van der Waals surface area (Å²) in [5.74, 6) is -1.46. The van der Waals surface area contributed by atoms with Crippen LogP contribution in [0.15, 0.2) is 41.6 Å².